The van der Waals surface area contributed by atoms with Crippen molar-refractivity contribution in [1.82, 2.24) is 5.32 Å². The first-order valence-electron chi connectivity index (χ1n) is 4.82. The summed E-state index contributed by atoms with van der Waals surface area (Å²) < 4.78 is 4.94. The lowest BCUT2D eigenvalue weighted by Gasteiger charge is -2.12. The Balaban J connectivity index is 3.84. The van der Waals surface area contributed by atoms with E-state index in [1.165, 1.54) is 0 Å². The molecule has 0 saturated carbocycles. The van der Waals surface area contributed by atoms with Crippen molar-refractivity contribution in [3.05, 3.63) is 0 Å². The predicted molar refractivity (Wildman–Crippen MR) is 52.4 cm³/mol. The molecule has 0 saturated heterocycles. The molecule has 0 aliphatic carbocycles. The van der Waals surface area contributed by atoms with Crippen LogP contribution in [0.2, 0.25) is 0 Å². The Morgan fingerprint density at radius 1 is 1.47 bits per heavy atom. The van der Waals surface area contributed by atoms with Gasteiger partial charge >= 0.3 is 5.97 Å². The lowest BCUT2D eigenvalue weighted by molar-refractivity contribution is -0.143. The van der Waals surface area contributed by atoms with Crippen LogP contribution in [0, 0.1) is 0 Å². The van der Waals surface area contributed by atoms with Crippen molar-refractivity contribution in [3.63, 3.8) is 0 Å². The molecule has 0 heterocycles. The highest BCUT2D eigenvalue weighted by Gasteiger charge is 2.18. The molecule has 0 aromatic rings. The van der Waals surface area contributed by atoms with E-state index in [0.29, 0.717) is 6.61 Å². The van der Waals surface area contributed by atoms with E-state index in [0.717, 1.165) is 6.42 Å². The molecule has 1 atom stereocenters. The molecule has 0 aromatic carbocycles. The second-order valence-electron chi connectivity index (χ2n) is 3.02. The van der Waals surface area contributed by atoms with Gasteiger partial charge < -0.3 is 20.3 Å². The zero-order valence-electron chi connectivity index (χ0n) is 8.73. The smallest absolute Gasteiger partial charge is 0.326 e. The molecule has 1 unspecified atom stereocenters. The highest BCUT2D eigenvalue weighted by molar-refractivity contribution is 5.84. The standard InChI is InChI=1S/C9H17NO5/c1-2-5-15-6-8(12)10-7(3-4-11)9(13)14/h7,11H,2-6H2,1H3,(H,10,12)(H,13,14). The maximum absolute atomic E-state index is 11.1. The number of aliphatic hydroxyl groups excluding tert-OH is 1. The van der Waals surface area contributed by atoms with Crippen LogP contribution in [-0.2, 0) is 14.3 Å². The van der Waals surface area contributed by atoms with Crippen LogP contribution >= 0.6 is 0 Å². The van der Waals surface area contributed by atoms with E-state index in [1.807, 2.05) is 6.92 Å². The van der Waals surface area contributed by atoms with Crippen molar-refractivity contribution >= 4 is 11.9 Å². The van der Waals surface area contributed by atoms with Gasteiger partial charge in [-0.05, 0) is 6.42 Å². The van der Waals surface area contributed by atoms with E-state index in [2.05, 4.69) is 5.32 Å². The van der Waals surface area contributed by atoms with Gasteiger partial charge in [-0.3, -0.25) is 4.79 Å². The number of carbonyl (C=O) groups is 2. The fraction of sp³-hybridized carbons (Fsp3) is 0.778. The van der Waals surface area contributed by atoms with E-state index in [1.54, 1.807) is 0 Å². The number of hydrogen-bond acceptors (Lipinski definition) is 4. The maximum atomic E-state index is 11.1. The van der Waals surface area contributed by atoms with Crippen molar-refractivity contribution in [1.29, 1.82) is 0 Å². The quantitative estimate of drug-likeness (QED) is 0.472. The second-order valence-corrected chi connectivity index (χ2v) is 3.02. The van der Waals surface area contributed by atoms with Gasteiger partial charge in [0.15, 0.2) is 0 Å². The van der Waals surface area contributed by atoms with Crippen LogP contribution in [0.3, 0.4) is 0 Å². The lowest BCUT2D eigenvalue weighted by atomic mass is 10.2. The highest BCUT2D eigenvalue weighted by Crippen LogP contribution is 1.91. The summed E-state index contributed by atoms with van der Waals surface area (Å²) in [5.41, 5.74) is 0. The molecule has 0 aromatic heterocycles. The first kappa shape index (κ1) is 13.9. The number of nitrogens with one attached hydrogen (secondary N) is 1. The molecular weight excluding hydrogens is 202 g/mol. The van der Waals surface area contributed by atoms with Gasteiger partial charge in [-0.1, -0.05) is 6.92 Å². The first-order valence-corrected chi connectivity index (χ1v) is 4.82. The molecule has 0 spiro atoms. The number of carboxylic acids is 1. The summed E-state index contributed by atoms with van der Waals surface area (Å²) in [7, 11) is 0. The molecule has 0 radical (unpaired) electrons. The molecule has 1 amide bonds. The molecule has 15 heavy (non-hydrogen) atoms. The minimum absolute atomic E-state index is 0.00511. The van der Waals surface area contributed by atoms with Gasteiger partial charge in [-0.25, -0.2) is 4.79 Å². The first-order chi connectivity index (χ1) is 7.11. The molecule has 0 fully saturated rings. The molecule has 0 aliphatic rings. The Bertz CT molecular complexity index is 207. The van der Waals surface area contributed by atoms with Crippen LogP contribution in [-0.4, -0.2) is 48.0 Å². The van der Waals surface area contributed by atoms with E-state index in [4.69, 9.17) is 14.9 Å². The van der Waals surface area contributed by atoms with Gasteiger partial charge in [0.1, 0.15) is 12.6 Å². The van der Waals surface area contributed by atoms with Crippen LogP contribution in [0.15, 0.2) is 0 Å². The van der Waals surface area contributed by atoms with Crippen LogP contribution < -0.4 is 5.32 Å². The number of hydrogen-bond donors (Lipinski definition) is 3. The Hall–Kier alpha value is -1.14. The number of amides is 1. The summed E-state index contributed by atoms with van der Waals surface area (Å²) in [5, 5.41) is 19.5. The van der Waals surface area contributed by atoms with Gasteiger partial charge in [-0.2, -0.15) is 0 Å². The van der Waals surface area contributed by atoms with Crippen molar-refractivity contribution in [2.75, 3.05) is 19.8 Å². The predicted octanol–water partition coefficient (Wildman–Crippen LogP) is -0.635. The third-order valence-corrected chi connectivity index (χ3v) is 1.63. The fourth-order valence-corrected chi connectivity index (χ4v) is 0.932. The molecule has 6 heteroatoms. The van der Waals surface area contributed by atoms with Crippen molar-refractivity contribution in [3.8, 4) is 0 Å². The van der Waals surface area contributed by atoms with E-state index < -0.39 is 17.9 Å². The van der Waals surface area contributed by atoms with Crippen molar-refractivity contribution in [2.24, 2.45) is 0 Å². The SMILES string of the molecule is CCCOCC(=O)NC(CCO)C(=O)O. The zero-order valence-corrected chi connectivity index (χ0v) is 8.73. The number of aliphatic carboxylic acids is 1. The Morgan fingerprint density at radius 3 is 2.60 bits per heavy atom. The van der Waals surface area contributed by atoms with Crippen LogP contribution in [0.1, 0.15) is 19.8 Å². The number of ether oxygens (including phenoxy) is 1. The largest absolute Gasteiger partial charge is 0.480 e. The maximum Gasteiger partial charge on any atom is 0.326 e. The van der Waals surface area contributed by atoms with E-state index in [-0.39, 0.29) is 19.6 Å². The zero-order chi connectivity index (χ0) is 11.7. The van der Waals surface area contributed by atoms with Gasteiger partial charge in [0.2, 0.25) is 5.91 Å². The van der Waals surface area contributed by atoms with Crippen molar-refractivity contribution < 1.29 is 24.5 Å². The summed E-state index contributed by atoms with van der Waals surface area (Å²) in [6.45, 7) is 1.94. The summed E-state index contributed by atoms with van der Waals surface area (Å²) in [6.07, 6.45) is 0.793. The van der Waals surface area contributed by atoms with Gasteiger partial charge in [0, 0.05) is 19.6 Å². The Morgan fingerprint density at radius 2 is 2.13 bits per heavy atom. The Labute approximate surface area is 88.2 Å². The number of carbonyl (C=O) groups excluding carboxylic acids is 1. The molecule has 0 bridgehead atoms. The van der Waals surface area contributed by atoms with Crippen LogP contribution in [0.5, 0.6) is 0 Å². The molecule has 0 rings (SSSR count). The van der Waals surface area contributed by atoms with Gasteiger partial charge in [-0.15, -0.1) is 0 Å². The average molecular weight is 219 g/mol. The molecule has 3 N–H and O–H groups in total. The molecular formula is C9H17NO5. The highest BCUT2D eigenvalue weighted by atomic mass is 16.5. The van der Waals surface area contributed by atoms with Crippen LogP contribution in [0.25, 0.3) is 0 Å². The summed E-state index contributed by atoms with van der Waals surface area (Å²) in [5.74, 6) is -1.64. The number of carboxylic acid groups (broad SMARTS) is 1. The topological polar surface area (TPSA) is 95.9 Å². The van der Waals surface area contributed by atoms with Gasteiger partial charge in [0.25, 0.3) is 0 Å². The van der Waals surface area contributed by atoms with E-state index >= 15 is 0 Å². The number of aliphatic hydroxyl groups is 1. The average Bonchev–Trinajstić information content (AvgIpc) is 2.17. The van der Waals surface area contributed by atoms with Gasteiger partial charge in [0.05, 0.1) is 0 Å². The minimum atomic E-state index is -1.16. The second kappa shape index (κ2) is 8.19. The third kappa shape index (κ3) is 6.87. The number of rotatable bonds is 8. The van der Waals surface area contributed by atoms with Crippen LogP contribution in [0.4, 0.5) is 0 Å². The van der Waals surface area contributed by atoms with Crippen molar-refractivity contribution in [2.45, 2.75) is 25.8 Å². The molecule has 0 aliphatic heterocycles. The molecule has 88 valence electrons. The molecule has 6 nitrogen and oxygen atoms in total. The minimum Gasteiger partial charge on any atom is -0.480 e. The summed E-state index contributed by atoms with van der Waals surface area (Å²) in [6, 6.07) is -1.05. The Kier molecular flexibility index (Phi) is 7.57. The summed E-state index contributed by atoms with van der Waals surface area (Å²) >= 11 is 0. The normalized spacial score (nSPS) is 12.1. The summed E-state index contributed by atoms with van der Waals surface area (Å²) in [4.78, 5) is 21.7. The fourth-order valence-electron chi connectivity index (χ4n) is 0.932. The monoisotopic (exact) mass is 219 g/mol. The lowest BCUT2D eigenvalue weighted by Crippen LogP contribution is -2.43. The van der Waals surface area contributed by atoms with E-state index in [9.17, 15) is 9.59 Å². The third-order valence-electron chi connectivity index (χ3n) is 1.63.